The Bertz CT molecular complexity index is 485. The minimum atomic E-state index is 0.477. The second-order valence-electron chi connectivity index (χ2n) is 6.00. The Morgan fingerprint density at radius 1 is 1.45 bits per heavy atom. The molecule has 0 aliphatic carbocycles. The van der Waals surface area contributed by atoms with Gasteiger partial charge in [-0.15, -0.1) is 0 Å². The molecule has 1 aliphatic rings. The normalized spacial score (nSPS) is 20.3. The molecular formula is C16H25N3S. The zero-order valence-corrected chi connectivity index (χ0v) is 13.5. The first-order valence-electron chi connectivity index (χ1n) is 7.25. The van der Waals surface area contributed by atoms with Gasteiger partial charge in [0.25, 0.3) is 0 Å². The van der Waals surface area contributed by atoms with Gasteiger partial charge in [-0.3, -0.25) is 4.90 Å². The molecule has 1 heterocycles. The van der Waals surface area contributed by atoms with E-state index in [0.717, 1.165) is 18.7 Å². The molecule has 0 radical (unpaired) electrons. The van der Waals surface area contributed by atoms with Gasteiger partial charge in [-0.1, -0.05) is 24.4 Å². The van der Waals surface area contributed by atoms with Gasteiger partial charge in [-0.25, -0.2) is 0 Å². The molecule has 20 heavy (non-hydrogen) atoms. The van der Waals surface area contributed by atoms with Crippen molar-refractivity contribution in [3.05, 3.63) is 34.9 Å². The highest BCUT2D eigenvalue weighted by molar-refractivity contribution is 7.80. The van der Waals surface area contributed by atoms with Gasteiger partial charge in [0.1, 0.15) is 4.99 Å². The molecule has 1 atom stereocenters. The van der Waals surface area contributed by atoms with E-state index in [2.05, 4.69) is 43.0 Å². The number of thiocarbonyl (C=S) groups is 1. The highest BCUT2D eigenvalue weighted by Gasteiger charge is 2.21. The molecule has 3 nitrogen and oxygen atoms in total. The lowest BCUT2D eigenvalue weighted by molar-refractivity contribution is 0.128. The van der Waals surface area contributed by atoms with Gasteiger partial charge in [0.2, 0.25) is 0 Å². The molecule has 0 spiro atoms. The van der Waals surface area contributed by atoms with Gasteiger partial charge in [-0.2, -0.15) is 0 Å². The summed E-state index contributed by atoms with van der Waals surface area (Å²) in [5, 5.41) is 0. The van der Waals surface area contributed by atoms with Crippen molar-refractivity contribution in [1.82, 2.24) is 9.80 Å². The standard InChI is InChI=1S/C16H25N3S/c1-12-9-13(16(17)20)6-7-14(12)10-19-8-4-5-15(11-19)18(2)3/h6-7,9,15H,4-5,8,10-11H2,1-3H3,(H2,17,20). The summed E-state index contributed by atoms with van der Waals surface area (Å²) in [6.07, 6.45) is 2.59. The van der Waals surface area contributed by atoms with Crippen molar-refractivity contribution in [2.75, 3.05) is 27.2 Å². The van der Waals surface area contributed by atoms with E-state index in [1.54, 1.807) is 0 Å². The molecule has 0 aromatic heterocycles. The number of hydrogen-bond donors (Lipinski definition) is 1. The molecule has 0 amide bonds. The van der Waals surface area contributed by atoms with Gasteiger partial charge in [0.15, 0.2) is 0 Å². The lowest BCUT2D eigenvalue weighted by Crippen LogP contribution is -2.44. The second-order valence-corrected chi connectivity index (χ2v) is 6.44. The number of rotatable bonds is 4. The lowest BCUT2D eigenvalue weighted by Gasteiger charge is -2.36. The summed E-state index contributed by atoms with van der Waals surface area (Å²) in [7, 11) is 4.35. The van der Waals surface area contributed by atoms with Crippen molar-refractivity contribution < 1.29 is 0 Å². The van der Waals surface area contributed by atoms with Crippen LogP contribution in [0.3, 0.4) is 0 Å². The number of piperidine rings is 1. The van der Waals surface area contributed by atoms with E-state index in [-0.39, 0.29) is 0 Å². The largest absolute Gasteiger partial charge is 0.389 e. The van der Waals surface area contributed by atoms with Crippen LogP contribution in [0.2, 0.25) is 0 Å². The summed E-state index contributed by atoms with van der Waals surface area (Å²) in [6, 6.07) is 6.99. The predicted molar refractivity (Wildman–Crippen MR) is 89.1 cm³/mol. The van der Waals surface area contributed by atoms with Crippen molar-refractivity contribution >= 4 is 17.2 Å². The Balaban J connectivity index is 2.04. The predicted octanol–water partition coefficient (Wildman–Crippen LogP) is 2.16. The number of nitrogens with two attached hydrogens (primary N) is 1. The molecule has 1 aliphatic heterocycles. The number of aryl methyl sites for hydroxylation is 1. The highest BCUT2D eigenvalue weighted by Crippen LogP contribution is 2.19. The molecule has 0 saturated carbocycles. The summed E-state index contributed by atoms with van der Waals surface area (Å²) in [6.45, 7) is 5.52. The number of likely N-dealkylation sites (tertiary alicyclic amines) is 1. The molecule has 0 bridgehead atoms. The van der Waals surface area contributed by atoms with Gasteiger partial charge < -0.3 is 10.6 Å². The smallest absolute Gasteiger partial charge is 0.103 e. The molecule has 2 rings (SSSR count). The Kier molecular flexibility index (Phi) is 5.13. The summed E-state index contributed by atoms with van der Waals surface area (Å²) in [4.78, 5) is 5.37. The summed E-state index contributed by atoms with van der Waals surface area (Å²) < 4.78 is 0. The zero-order chi connectivity index (χ0) is 14.7. The first kappa shape index (κ1) is 15.4. The molecule has 1 aromatic carbocycles. The van der Waals surface area contributed by atoms with E-state index in [1.807, 2.05) is 6.07 Å². The minimum Gasteiger partial charge on any atom is -0.389 e. The monoisotopic (exact) mass is 291 g/mol. The number of hydrogen-bond acceptors (Lipinski definition) is 3. The fourth-order valence-electron chi connectivity index (χ4n) is 2.86. The molecule has 1 saturated heterocycles. The zero-order valence-electron chi connectivity index (χ0n) is 12.7. The highest BCUT2D eigenvalue weighted by atomic mass is 32.1. The Labute approximate surface area is 127 Å². The molecule has 1 fully saturated rings. The summed E-state index contributed by atoms with van der Waals surface area (Å²) in [5.41, 5.74) is 9.31. The SMILES string of the molecule is Cc1cc(C(N)=S)ccc1CN1CCCC(N(C)C)C1. The first-order chi connectivity index (χ1) is 9.47. The van der Waals surface area contributed by atoms with Crippen molar-refractivity contribution in [1.29, 1.82) is 0 Å². The topological polar surface area (TPSA) is 32.5 Å². The maximum atomic E-state index is 5.68. The van der Waals surface area contributed by atoms with Crippen molar-refractivity contribution in [3.63, 3.8) is 0 Å². The van der Waals surface area contributed by atoms with Crippen LogP contribution in [-0.4, -0.2) is 48.0 Å². The minimum absolute atomic E-state index is 0.477. The quantitative estimate of drug-likeness (QED) is 0.862. The molecule has 4 heteroatoms. The number of nitrogens with zero attached hydrogens (tertiary/aromatic N) is 2. The summed E-state index contributed by atoms with van der Waals surface area (Å²) >= 11 is 5.03. The van der Waals surface area contributed by atoms with Gasteiger partial charge >= 0.3 is 0 Å². The van der Waals surface area contributed by atoms with Crippen LogP contribution in [-0.2, 0) is 6.54 Å². The van der Waals surface area contributed by atoms with E-state index >= 15 is 0 Å². The molecule has 1 aromatic rings. The fraction of sp³-hybridized carbons (Fsp3) is 0.562. The van der Waals surface area contributed by atoms with E-state index in [1.165, 1.54) is 30.5 Å². The van der Waals surface area contributed by atoms with E-state index in [9.17, 15) is 0 Å². The lowest BCUT2D eigenvalue weighted by atomic mass is 10.0. The number of benzene rings is 1. The third kappa shape index (κ3) is 3.78. The second kappa shape index (κ2) is 6.66. The van der Waals surface area contributed by atoms with Crippen molar-refractivity contribution in [2.45, 2.75) is 32.4 Å². The molecule has 110 valence electrons. The van der Waals surface area contributed by atoms with Gasteiger partial charge in [0.05, 0.1) is 0 Å². The van der Waals surface area contributed by atoms with Crippen molar-refractivity contribution in [3.8, 4) is 0 Å². The van der Waals surface area contributed by atoms with E-state index in [4.69, 9.17) is 18.0 Å². The molecule has 2 N–H and O–H groups in total. The maximum Gasteiger partial charge on any atom is 0.103 e. The van der Waals surface area contributed by atoms with Gasteiger partial charge in [0, 0.05) is 24.7 Å². The molecular weight excluding hydrogens is 266 g/mol. The number of likely N-dealkylation sites (N-methyl/N-ethyl adjacent to an activating group) is 1. The fourth-order valence-corrected chi connectivity index (χ4v) is 2.99. The van der Waals surface area contributed by atoms with Crippen LogP contribution >= 0.6 is 12.2 Å². The van der Waals surface area contributed by atoms with Crippen LogP contribution in [0.5, 0.6) is 0 Å². The van der Waals surface area contributed by atoms with E-state index in [0.29, 0.717) is 11.0 Å². The summed E-state index contributed by atoms with van der Waals surface area (Å²) in [5.74, 6) is 0. The van der Waals surface area contributed by atoms with Crippen molar-refractivity contribution in [2.24, 2.45) is 5.73 Å². The third-order valence-electron chi connectivity index (χ3n) is 4.23. The Hall–Kier alpha value is -0.970. The Morgan fingerprint density at radius 3 is 2.80 bits per heavy atom. The van der Waals surface area contributed by atoms with Crippen LogP contribution in [0.4, 0.5) is 0 Å². The van der Waals surface area contributed by atoms with E-state index < -0.39 is 0 Å². The van der Waals surface area contributed by atoms with Crippen LogP contribution in [0.25, 0.3) is 0 Å². The van der Waals surface area contributed by atoms with Gasteiger partial charge in [-0.05, 0) is 57.6 Å². The third-order valence-corrected chi connectivity index (χ3v) is 4.47. The van der Waals surface area contributed by atoms with Crippen LogP contribution in [0, 0.1) is 6.92 Å². The average molecular weight is 291 g/mol. The van der Waals surface area contributed by atoms with Crippen LogP contribution < -0.4 is 5.73 Å². The average Bonchev–Trinajstić information content (AvgIpc) is 2.41. The Morgan fingerprint density at radius 2 is 2.20 bits per heavy atom. The van der Waals surface area contributed by atoms with Crippen LogP contribution in [0.15, 0.2) is 18.2 Å². The molecule has 1 unspecified atom stereocenters. The maximum absolute atomic E-state index is 5.68. The van der Waals surface area contributed by atoms with Crippen LogP contribution in [0.1, 0.15) is 29.5 Å². The first-order valence-corrected chi connectivity index (χ1v) is 7.66.